The Morgan fingerprint density at radius 2 is 1.92 bits per heavy atom. The topological polar surface area (TPSA) is 149 Å². The zero-order valence-corrected chi connectivity index (χ0v) is 20.0. The lowest BCUT2D eigenvalue weighted by Crippen LogP contribution is -2.53. The number of amides is 3. The number of halogens is 1. The number of aliphatic hydroxyl groups is 3. The van der Waals surface area contributed by atoms with Crippen molar-refractivity contribution in [2.75, 3.05) is 32.8 Å². The molecule has 3 heterocycles. The molecule has 0 aliphatic carbocycles. The number of piperidine rings is 1. The first kappa shape index (κ1) is 26.2. The van der Waals surface area contributed by atoms with E-state index in [9.17, 15) is 34.1 Å². The van der Waals surface area contributed by atoms with Gasteiger partial charge in [0.2, 0.25) is 11.8 Å². The van der Waals surface area contributed by atoms with Crippen molar-refractivity contribution in [1.29, 1.82) is 0 Å². The Labute approximate surface area is 212 Å². The minimum Gasteiger partial charge on any atom is -0.505 e. The van der Waals surface area contributed by atoms with Gasteiger partial charge in [-0.1, -0.05) is 18.7 Å². The standard InChI is InChI=1S/C25H28FN3O8/c1-14(30)22(32)21-17(12-29(24(21)34)19-4-5-20(31)27-23(19)33)25(35)37-13-16-3-2-15(10-18(16)26)11-28-6-8-36-9-7-28/h2-3,10,19,30,32,35H,1,4-9,11-13H2,(H,27,31,33)/b22-21-,25-17+. The minimum absolute atomic E-state index is 0.000262. The molecule has 3 amide bonds. The molecule has 3 aliphatic heterocycles. The van der Waals surface area contributed by atoms with Crippen LogP contribution in [0.4, 0.5) is 4.39 Å². The van der Waals surface area contributed by atoms with Crippen molar-refractivity contribution in [3.05, 3.63) is 70.3 Å². The number of carbonyl (C=O) groups excluding carboxylic acids is 3. The zero-order chi connectivity index (χ0) is 26.7. The first-order chi connectivity index (χ1) is 17.7. The lowest BCUT2D eigenvalue weighted by molar-refractivity contribution is -0.142. The van der Waals surface area contributed by atoms with Gasteiger partial charge in [0.15, 0.2) is 11.5 Å². The highest BCUT2D eigenvalue weighted by molar-refractivity contribution is 6.07. The third-order valence-corrected chi connectivity index (χ3v) is 6.45. The van der Waals surface area contributed by atoms with E-state index in [4.69, 9.17) is 9.47 Å². The quantitative estimate of drug-likeness (QED) is 0.240. The summed E-state index contributed by atoms with van der Waals surface area (Å²) in [5, 5.41) is 32.7. The number of hydrogen-bond donors (Lipinski definition) is 4. The predicted molar refractivity (Wildman–Crippen MR) is 126 cm³/mol. The monoisotopic (exact) mass is 517 g/mol. The van der Waals surface area contributed by atoms with Crippen LogP contribution in [0.25, 0.3) is 0 Å². The summed E-state index contributed by atoms with van der Waals surface area (Å²) in [6, 6.07) is 3.62. The molecule has 0 saturated carbocycles. The average Bonchev–Trinajstić information content (AvgIpc) is 3.20. The molecule has 12 heteroatoms. The number of rotatable bonds is 7. The van der Waals surface area contributed by atoms with Crippen LogP contribution >= 0.6 is 0 Å². The van der Waals surface area contributed by atoms with Crippen molar-refractivity contribution in [1.82, 2.24) is 15.1 Å². The molecule has 3 fully saturated rings. The molecule has 4 rings (SSSR count). The lowest BCUT2D eigenvalue weighted by atomic mass is 10.0. The highest BCUT2D eigenvalue weighted by Gasteiger charge is 2.44. The Morgan fingerprint density at radius 3 is 2.57 bits per heavy atom. The van der Waals surface area contributed by atoms with E-state index >= 15 is 0 Å². The van der Waals surface area contributed by atoms with E-state index in [0.29, 0.717) is 19.8 Å². The summed E-state index contributed by atoms with van der Waals surface area (Å²) < 4.78 is 25.4. The average molecular weight is 518 g/mol. The van der Waals surface area contributed by atoms with Gasteiger partial charge < -0.3 is 29.7 Å². The minimum atomic E-state index is -1.04. The number of hydrogen-bond acceptors (Lipinski definition) is 9. The fourth-order valence-corrected chi connectivity index (χ4v) is 4.45. The molecule has 1 atom stereocenters. The molecular weight excluding hydrogens is 489 g/mol. The van der Waals surface area contributed by atoms with Gasteiger partial charge in [0.25, 0.3) is 11.9 Å². The molecule has 3 aliphatic rings. The maximum Gasteiger partial charge on any atom is 0.283 e. The Hall–Kier alpha value is -3.90. The number of likely N-dealkylation sites (tertiary alicyclic amines) is 1. The van der Waals surface area contributed by atoms with Gasteiger partial charge >= 0.3 is 0 Å². The van der Waals surface area contributed by atoms with Gasteiger partial charge in [0.1, 0.15) is 18.5 Å². The molecule has 0 radical (unpaired) electrons. The molecule has 4 N–H and O–H groups in total. The highest BCUT2D eigenvalue weighted by atomic mass is 19.1. The van der Waals surface area contributed by atoms with Gasteiger partial charge in [0, 0.05) is 31.6 Å². The van der Waals surface area contributed by atoms with Gasteiger partial charge in [-0.2, -0.15) is 0 Å². The predicted octanol–water partition coefficient (Wildman–Crippen LogP) is 1.48. The largest absolute Gasteiger partial charge is 0.505 e. The van der Waals surface area contributed by atoms with Crippen LogP contribution in [0, 0.1) is 5.82 Å². The van der Waals surface area contributed by atoms with Crippen molar-refractivity contribution < 1.29 is 43.6 Å². The Balaban J connectivity index is 1.52. The van der Waals surface area contributed by atoms with Crippen LogP contribution in [-0.2, 0) is 37.0 Å². The molecule has 1 aromatic rings. The Bertz CT molecular complexity index is 1190. The molecule has 1 aromatic carbocycles. The summed E-state index contributed by atoms with van der Waals surface area (Å²) in [5.74, 6) is -5.11. The number of benzene rings is 1. The third-order valence-electron chi connectivity index (χ3n) is 6.45. The summed E-state index contributed by atoms with van der Waals surface area (Å²) in [5.41, 5.74) is 0.192. The number of nitrogens with zero attached hydrogens (tertiary/aromatic N) is 2. The number of morpholine rings is 1. The molecule has 1 unspecified atom stereocenters. The van der Waals surface area contributed by atoms with Gasteiger partial charge in [-0.15, -0.1) is 0 Å². The summed E-state index contributed by atoms with van der Waals surface area (Å²) >= 11 is 0. The van der Waals surface area contributed by atoms with Crippen LogP contribution < -0.4 is 5.32 Å². The number of ether oxygens (including phenoxy) is 2. The maximum absolute atomic E-state index is 14.7. The number of nitrogens with one attached hydrogen (secondary N) is 1. The summed E-state index contributed by atoms with van der Waals surface area (Å²) in [6.07, 6.45) is 0.0433. The number of aliphatic hydroxyl groups excluding tert-OH is 3. The van der Waals surface area contributed by atoms with Crippen LogP contribution in [0.5, 0.6) is 0 Å². The third kappa shape index (κ3) is 5.75. The lowest BCUT2D eigenvalue weighted by Gasteiger charge is -2.28. The molecule has 11 nitrogen and oxygen atoms in total. The molecular formula is C25H28FN3O8. The van der Waals surface area contributed by atoms with Crippen LogP contribution in [0.15, 0.2) is 53.4 Å². The molecule has 37 heavy (non-hydrogen) atoms. The maximum atomic E-state index is 14.7. The van der Waals surface area contributed by atoms with Crippen LogP contribution in [0.1, 0.15) is 24.0 Å². The normalized spacial score (nSPS) is 23.6. The number of carbonyl (C=O) groups is 3. The fourth-order valence-electron chi connectivity index (χ4n) is 4.45. The van der Waals surface area contributed by atoms with E-state index in [-0.39, 0.29) is 37.1 Å². The second-order valence-corrected chi connectivity index (χ2v) is 8.96. The van der Waals surface area contributed by atoms with Crippen molar-refractivity contribution in [3.63, 3.8) is 0 Å². The summed E-state index contributed by atoms with van der Waals surface area (Å²) in [6.45, 7) is 5.77. The number of imide groups is 1. The highest BCUT2D eigenvalue weighted by Crippen LogP contribution is 2.33. The van der Waals surface area contributed by atoms with Crippen molar-refractivity contribution in [2.45, 2.75) is 32.0 Å². The molecule has 198 valence electrons. The molecule has 0 aromatic heterocycles. The zero-order valence-electron chi connectivity index (χ0n) is 20.0. The molecule has 3 saturated heterocycles. The molecule has 0 spiro atoms. The first-order valence-corrected chi connectivity index (χ1v) is 11.7. The van der Waals surface area contributed by atoms with E-state index in [1.807, 2.05) is 0 Å². The molecule has 0 bridgehead atoms. The van der Waals surface area contributed by atoms with Crippen LogP contribution in [-0.4, -0.2) is 81.7 Å². The van der Waals surface area contributed by atoms with Gasteiger partial charge in [-0.05, 0) is 18.1 Å². The Kier molecular flexibility index (Phi) is 7.79. The van der Waals surface area contributed by atoms with Gasteiger partial charge in [-0.3, -0.25) is 24.6 Å². The van der Waals surface area contributed by atoms with E-state index in [2.05, 4.69) is 16.8 Å². The van der Waals surface area contributed by atoms with Crippen LogP contribution in [0.3, 0.4) is 0 Å². The first-order valence-electron chi connectivity index (χ1n) is 11.7. The SMILES string of the molecule is C=C(O)/C(O)=C1/C(=O)N(C2CCC(=O)NC2=O)C/C1=C(/O)OCc1ccc(CN2CCOCC2)cc1F. The second kappa shape index (κ2) is 11.0. The van der Waals surface area contributed by atoms with E-state index < -0.39 is 52.6 Å². The van der Waals surface area contributed by atoms with E-state index in [0.717, 1.165) is 23.6 Å². The summed E-state index contributed by atoms with van der Waals surface area (Å²) in [7, 11) is 0. The fraction of sp³-hybridized carbons (Fsp3) is 0.400. The smallest absolute Gasteiger partial charge is 0.283 e. The van der Waals surface area contributed by atoms with Crippen molar-refractivity contribution >= 4 is 17.7 Å². The van der Waals surface area contributed by atoms with Crippen LogP contribution in [0.2, 0.25) is 0 Å². The van der Waals surface area contributed by atoms with E-state index in [1.165, 1.54) is 12.1 Å². The van der Waals surface area contributed by atoms with Gasteiger partial charge in [0.05, 0.1) is 30.9 Å². The van der Waals surface area contributed by atoms with Crippen molar-refractivity contribution in [3.8, 4) is 0 Å². The second-order valence-electron chi connectivity index (χ2n) is 8.96. The van der Waals surface area contributed by atoms with E-state index in [1.54, 1.807) is 6.07 Å². The summed E-state index contributed by atoms with van der Waals surface area (Å²) in [4.78, 5) is 40.0. The Morgan fingerprint density at radius 1 is 1.19 bits per heavy atom. The van der Waals surface area contributed by atoms with Crippen molar-refractivity contribution in [2.24, 2.45) is 0 Å². The van der Waals surface area contributed by atoms with Gasteiger partial charge in [-0.25, -0.2) is 4.39 Å².